The van der Waals surface area contributed by atoms with Gasteiger partial charge in [-0.2, -0.15) is 0 Å². The van der Waals surface area contributed by atoms with Crippen LogP contribution in [0.25, 0.3) is 0 Å². The second-order valence-corrected chi connectivity index (χ2v) is 4.78. The number of nitrogens with one attached hydrogen (secondary N) is 1. The van der Waals surface area contributed by atoms with Gasteiger partial charge in [0.15, 0.2) is 0 Å². The van der Waals surface area contributed by atoms with E-state index in [0.29, 0.717) is 24.6 Å². The van der Waals surface area contributed by atoms with E-state index in [1.165, 1.54) is 12.1 Å². The number of ether oxygens (including phenoxy) is 1. The van der Waals surface area contributed by atoms with Gasteiger partial charge in [0, 0.05) is 12.1 Å². The van der Waals surface area contributed by atoms with E-state index in [0.717, 1.165) is 12.8 Å². The van der Waals surface area contributed by atoms with Crippen molar-refractivity contribution in [1.82, 2.24) is 5.32 Å². The summed E-state index contributed by atoms with van der Waals surface area (Å²) in [6.45, 7) is 1.01. The highest BCUT2D eigenvalue weighted by atomic mass is 19.4. The molecule has 0 bridgehead atoms. The molecule has 1 aliphatic rings. The molecule has 1 saturated carbocycles. The van der Waals surface area contributed by atoms with Crippen LogP contribution in [0.15, 0.2) is 24.3 Å². The van der Waals surface area contributed by atoms with Crippen LogP contribution in [0.4, 0.5) is 13.2 Å². The van der Waals surface area contributed by atoms with Crippen LogP contribution in [-0.2, 0) is 6.54 Å². The number of aliphatic hydroxyl groups excluding tert-OH is 1. The molecular formula is C13H16F3NO2. The van der Waals surface area contributed by atoms with Gasteiger partial charge in [-0.05, 0) is 31.4 Å². The Hall–Kier alpha value is -1.27. The molecule has 0 unspecified atom stereocenters. The monoisotopic (exact) mass is 275 g/mol. The van der Waals surface area contributed by atoms with Crippen molar-refractivity contribution in [2.75, 3.05) is 6.54 Å². The maximum absolute atomic E-state index is 12.2. The van der Waals surface area contributed by atoms with E-state index in [1.54, 1.807) is 12.1 Å². The van der Waals surface area contributed by atoms with Crippen LogP contribution in [0.5, 0.6) is 5.75 Å². The fourth-order valence-electron chi connectivity index (χ4n) is 2.15. The molecule has 106 valence electrons. The van der Waals surface area contributed by atoms with E-state index >= 15 is 0 Å². The molecule has 1 fully saturated rings. The highest BCUT2D eigenvalue weighted by Crippen LogP contribution is 2.28. The fraction of sp³-hybridized carbons (Fsp3) is 0.538. The Labute approximate surface area is 109 Å². The van der Waals surface area contributed by atoms with E-state index < -0.39 is 6.36 Å². The molecule has 1 aliphatic carbocycles. The summed E-state index contributed by atoms with van der Waals surface area (Å²) in [5.74, 6) is 0.238. The summed E-state index contributed by atoms with van der Waals surface area (Å²) in [5.41, 5.74) is 0.472. The Kier molecular flexibility index (Phi) is 4.31. The third-order valence-corrected chi connectivity index (χ3v) is 3.16. The maximum atomic E-state index is 12.2. The Bertz CT molecular complexity index is 417. The lowest BCUT2D eigenvalue weighted by molar-refractivity contribution is -0.274. The quantitative estimate of drug-likeness (QED) is 0.867. The number of benzene rings is 1. The lowest BCUT2D eigenvalue weighted by atomic mass is 9.82. The zero-order valence-corrected chi connectivity index (χ0v) is 10.3. The van der Waals surface area contributed by atoms with Crippen LogP contribution in [0.2, 0.25) is 0 Å². The van der Waals surface area contributed by atoms with Gasteiger partial charge >= 0.3 is 6.36 Å². The number of halogens is 3. The van der Waals surface area contributed by atoms with Crippen molar-refractivity contribution in [2.24, 2.45) is 5.92 Å². The maximum Gasteiger partial charge on any atom is 0.573 e. The van der Waals surface area contributed by atoms with Crippen molar-refractivity contribution >= 4 is 0 Å². The van der Waals surface area contributed by atoms with Gasteiger partial charge in [0.1, 0.15) is 5.75 Å². The molecule has 0 aromatic heterocycles. The zero-order valence-electron chi connectivity index (χ0n) is 10.3. The molecule has 6 heteroatoms. The first kappa shape index (κ1) is 14.1. The summed E-state index contributed by atoms with van der Waals surface area (Å²) in [6, 6.07) is 6.08. The Morgan fingerprint density at radius 1 is 1.26 bits per heavy atom. The Balaban J connectivity index is 1.85. The Morgan fingerprint density at radius 3 is 2.58 bits per heavy atom. The molecule has 1 aromatic rings. The van der Waals surface area contributed by atoms with Gasteiger partial charge in [-0.25, -0.2) is 0 Å². The highest BCUT2D eigenvalue weighted by Gasteiger charge is 2.32. The number of alkyl halides is 3. The van der Waals surface area contributed by atoms with Gasteiger partial charge in [0.25, 0.3) is 0 Å². The molecule has 2 rings (SSSR count). The molecular weight excluding hydrogens is 259 g/mol. The normalized spacial score (nSPS) is 22.9. The van der Waals surface area contributed by atoms with E-state index in [9.17, 15) is 13.2 Å². The summed E-state index contributed by atoms with van der Waals surface area (Å²) in [6.07, 6.45) is -3.37. The van der Waals surface area contributed by atoms with Crippen LogP contribution in [0.1, 0.15) is 18.4 Å². The topological polar surface area (TPSA) is 41.5 Å². The third kappa shape index (κ3) is 4.40. The predicted octanol–water partition coefficient (Wildman–Crippen LogP) is 2.45. The van der Waals surface area contributed by atoms with Crippen molar-refractivity contribution in [3.63, 3.8) is 0 Å². The Morgan fingerprint density at radius 2 is 1.95 bits per heavy atom. The minimum absolute atomic E-state index is 0.170. The SMILES string of the molecule is OC1CC(CNCc2ccccc2OC(F)(F)F)C1. The molecule has 0 heterocycles. The summed E-state index contributed by atoms with van der Waals surface area (Å²) < 4.78 is 40.6. The van der Waals surface area contributed by atoms with Crippen molar-refractivity contribution < 1.29 is 23.0 Å². The standard InChI is InChI=1S/C13H16F3NO2/c14-13(15,16)19-12-4-2-1-3-10(12)8-17-7-9-5-11(18)6-9/h1-4,9,11,17-18H,5-8H2. The van der Waals surface area contributed by atoms with Gasteiger partial charge in [-0.3, -0.25) is 0 Å². The smallest absolute Gasteiger partial charge is 0.405 e. The van der Waals surface area contributed by atoms with Crippen LogP contribution >= 0.6 is 0 Å². The van der Waals surface area contributed by atoms with E-state index in [4.69, 9.17) is 5.11 Å². The number of para-hydroxylation sites is 1. The first-order chi connectivity index (χ1) is 8.94. The number of rotatable bonds is 5. The van der Waals surface area contributed by atoms with Crippen molar-refractivity contribution in [2.45, 2.75) is 31.9 Å². The lowest BCUT2D eigenvalue weighted by Gasteiger charge is -2.31. The van der Waals surface area contributed by atoms with Gasteiger partial charge in [0.05, 0.1) is 6.10 Å². The minimum Gasteiger partial charge on any atom is -0.405 e. The van der Waals surface area contributed by atoms with E-state index in [2.05, 4.69) is 10.1 Å². The predicted molar refractivity (Wildman–Crippen MR) is 63.6 cm³/mol. The average Bonchev–Trinajstić information content (AvgIpc) is 2.27. The summed E-state index contributed by atoms with van der Waals surface area (Å²) in [4.78, 5) is 0. The molecule has 0 amide bonds. The van der Waals surface area contributed by atoms with E-state index in [-0.39, 0.29) is 11.9 Å². The largest absolute Gasteiger partial charge is 0.573 e. The third-order valence-electron chi connectivity index (χ3n) is 3.16. The molecule has 2 N–H and O–H groups in total. The second kappa shape index (κ2) is 5.79. The number of aliphatic hydroxyl groups is 1. The van der Waals surface area contributed by atoms with Crippen molar-refractivity contribution in [3.8, 4) is 5.75 Å². The molecule has 0 radical (unpaired) electrons. The summed E-state index contributed by atoms with van der Waals surface area (Å²) in [7, 11) is 0. The average molecular weight is 275 g/mol. The highest BCUT2D eigenvalue weighted by molar-refractivity contribution is 5.33. The molecule has 0 spiro atoms. The summed E-state index contributed by atoms with van der Waals surface area (Å²) in [5, 5.41) is 12.2. The second-order valence-electron chi connectivity index (χ2n) is 4.78. The van der Waals surface area contributed by atoms with Crippen LogP contribution in [0.3, 0.4) is 0 Å². The molecule has 0 saturated heterocycles. The fourth-order valence-corrected chi connectivity index (χ4v) is 2.15. The van der Waals surface area contributed by atoms with Crippen LogP contribution in [0, 0.1) is 5.92 Å². The molecule has 0 aliphatic heterocycles. The number of hydrogen-bond donors (Lipinski definition) is 2. The van der Waals surface area contributed by atoms with Crippen molar-refractivity contribution in [3.05, 3.63) is 29.8 Å². The van der Waals surface area contributed by atoms with Crippen molar-refractivity contribution in [1.29, 1.82) is 0 Å². The van der Waals surface area contributed by atoms with Gasteiger partial charge in [-0.1, -0.05) is 18.2 Å². The first-order valence-electron chi connectivity index (χ1n) is 6.16. The molecule has 0 atom stereocenters. The van der Waals surface area contributed by atoms with Gasteiger partial charge < -0.3 is 15.2 Å². The molecule has 1 aromatic carbocycles. The van der Waals surface area contributed by atoms with Crippen LogP contribution < -0.4 is 10.1 Å². The first-order valence-corrected chi connectivity index (χ1v) is 6.16. The van der Waals surface area contributed by atoms with E-state index in [1.807, 2.05) is 0 Å². The van der Waals surface area contributed by atoms with Crippen LogP contribution in [-0.4, -0.2) is 24.1 Å². The molecule has 3 nitrogen and oxygen atoms in total. The zero-order chi connectivity index (χ0) is 13.9. The minimum atomic E-state index is -4.67. The summed E-state index contributed by atoms with van der Waals surface area (Å²) >= 11 is 0. The van der Waals surface area contributed by atoms with Gasteiger partial charge in [-0.15, -0.1) is 13.2 Å². The lowest BCUT2D eigenvalue weighted by Crippen LogP contribution is -2.36. The number of hydrogen-bond acceptors (Lipinski definition) is 3. The molecule has 19 heavy (non-hydrogen) atoms. The van der Waals surface area contributed by atoms with Gasteiger partial charge in [0.2, 0.25) is 0 Å².